The molecule has 0 amide bonds. The summed E-state index contributed by atoms with van der Waals surface area (Å²) in [6.07, 6.45) is 10.7. The summed E-state index contributed by atoms with van der Waals surface area (Å²) in [5.41, 5.74) is 1.12. The van der Waals surface area contributed by atoms with Crippen LogP contribution < -0.4 is 4.43 Å². The average Bonchev–Trinajstić information content (AvgIpc) is 2.47. The molecule has 1 aromatic carbocycles. The number of hydrogen-bond donors (Lipinski definition) is 0. The first-order chi connectivity index (χ1) is 11.7. The van der Waals surface area contributed by atoms with E-state index in [1.807, 2.05) is 12.1 Å². The monoisotopic (exact) mass is 380 g/mol. The third-order valence-electron chi connectivity index (χ3n) is 5.37. The van der Waals surface area contributed by atoms with E-state index in [0.717, 1.165) is 30.6 Å². The molecule has 0 saturated carbocycles. The smallest absolute Gasteiger partial charge is 0.250 e. The lowest BCUT2D eigenvalue weighted by Gasteiger charge is -2.36. The SMILES string of the molecule is CC(C)(C)[Si](C)(C)Oc1ccc(COC2CC/C=C/CCC2)cc1Cl. The van der Waals surface area contributed by atoms with Crippen molar-refractivity contribution in [2.75, 3.05) is 0 Å². The van der Waals surface area contributed by atoms with Gasteiger partial charge < -0.3 is 9.16 Å². The Bertz CT molecular complexity index is 590. The van der Waals surface area contributed by atoms with Crippen LogP contribution in [0, 0.1) is 0 Å². The zero-order valence-electron chi connectivity index (χ0n) is 16.4. The van der Waals surface area contributed by atoms with Crippen molar-refractivity contribution in [3.05, 3.63) is 40.9 Å². The third kappa shape index (κ3) is 6.16. The topological polar surface area (TPSA) is 18.5 Å². The van der Waals surface area contributed by atoms with E-state index in [1.165, 1.54) is 12.8 Å². The molecule has 0 heterocycles. The van der Waals surface area contributed by atoms with Gasteiger partial charge in [-0.05, 0) is 67.9 Å². The third-order valence-corrected chi connectivity index (χ3v) is 10.0. The van der Waals surface area contributed by atoms with Crippen LogP contribution in [0.3, 0.4) is 0 Å². The summed E-state index contributed by atoms with van der Waals surface area (Å²) in [4.78, 5) is 0. The minimum atomic E-state index is -1.87. The molecule has 0 radical (unpaired) electrons. The van der Waals surface area contributed by atoms with Crippen molar-refractivity contribution in [3.63, 3.8) is 0 Å². The number of ether oxygens (including phenoxy) is 1. The Balaban J connectivity index is 1.96. The van der Waals surface area contributed by atoms with Crippen LogP contribution in [0.1, 0.15) is 58.4 Å². The summed E-state index contributed by atoms with van der Waals surface area (Å²) in [6, 6.07) is 6.08. The molecule has 1 atom stereocenters. The lowest BCUT2D eigenvalue weighted by Crippen LogP contribution is -2.43. The van der Waals surface area contributed by atoms with Crippen molar-refractivity contribution < 1.29 is 9.16 Å². The van der Waals surface area contributed by atoms with Crippen molar-refractivity contribution in [1.29, 1.82) is 0 Å². The van der Waals surface area contributed by atoms with Gasteiger partial charge in [0, 0.05) is 0 Å². The van der Waals surface area contributed by atoms with Crippen molar-refractivity contribution in [2.45, 2.75) is 83.7 Å². The highest BCUT2D eigenvalue weighted by Crippen LogP contribution is 2.39. The molecule has 0 N–H and O–H groups in total. The van der Waals surface area contributed by atoms with Crippen molar-refractivity contribution >= 4 is 19.9 Å². The second-order valence-corrected chi connectivity index (χ2v) is 13.7. The van der Waals surface area contributed by atoms with Crippen LogP contribution in [0.15, 0.2) is 30.4 Å². The minimum absolute atomic E-state index is 0.158. The van der Waals surface area contributed by atoms with Gasteiger partial charge in [0.05, 0.1) is 17.7 Å². The molecule has 0 aromatic heterocycles. The molecule has 0 fully saturated rings. The molecule has 1 aliphatic rings. The van der Waals surface area contributed by atoms with Gasteiger partial charge in [0.15, 0.2) is 0 Å². The first kappa shape index (κ1) is 20.5. The Labute approximate surface area is 159 Å². The summed E-state index contributed by atoms with van der Waals surface area (Å²) >= 11 is 6.49. The van der Waals surface area contributed by atoms with E-state index in [0.29, 0.717) is 17.7 Å². The van der Waals surface area contributed by atoms with Crippen molar-refractivity contribution in [2.24, 2.45) is 0 Å². The van der Waals surface area contributed by atoms with Crippen LogP contribution in [0.4, 0.5) is 0 Å². The highest BCUT2D eigenvalue weighted by molar-refractivity contribution is 6.74. The van der Waals surface area contributed by atoms with E-state index >= 15 is 0 Å². The maximum atomic E-state index is 6.49. The van der Waals surface area contributed by atoms with Crippen LogP contribution in [0.5, 0.6) is 5.75 Å². The molecule has 1 unspecified atom stereocenters. The molecular weight excluding hydrogens is 348 g/mol. The van der Waals surface area contributed by atoms with Crippen molar-refractivity contribution in [3.8, 4) is 5.75 Å². The Morgan fingerprint density at radius 1 is 1.12 bits per heavy atom. The first-order valence-corrected chi connectivity index (χ1v) is 12.7. The highest BCUT2D eigenvalue weighted by atomic mass is 35.5. The largest absolute Gasteiger partial charge is 0.543 e. The lowest BCUT2D eigenvalue weighted by atomic mass is 10.0. The minimum Gasteiger partial charge on any atom is -0.543 e. The van der Waals surface area contributed by atoms with E-state index in [-0.39, 0.29) is 5.04 Å². The fourth-order valence-electron chi connectivity index (χ4n) is 2.65. The summed E-state index contributed by atoms with van der Waals surface area (Å²) < 4.78 is 12.5. The number of hydrogen-bond acceptors (Lipinski definition) is 2. The molecule has 0 saturated heterocycles. The standard InChI is InChI=1S/C21H33ClO2Si/c1-21(2,3)25(4,5)24-20-14-13-17(15-19(20)22)16-23-18-11-9-7-6-8-10-12-18/h6-7,13-15,18H,8-12,16H2,1-5H3/b7-6+. The number of allylic oxidation sites excluding steroid dienone is 2. The molecular formula is C21H33ClO2Si. The molecule has 2 nitrogen and oxygen atoms in total. The van der Waals surface area contributed by atoms with Gasteiger partial charge in [-0.1, -0.05) is 50.6 Å². The summed E-state index contributed by atoms with van der Waals surface area (Å²) in [5, 5.41) is 0.844. The summed E-state index contributed by atoms with van der Waals surface area (Å²) in [7, 11) is -1.87. The van der Waals surface area contributed by atoms with Gasteiger partial charge in [-0.25, -0.2) is 0 Å². The van der Waals surface area contributed by atoms with Crippen LogP contribution in [-0.4, -0.2) is 14.4 Å². The molecule has 25 heavy (non-hydrogen) atoms. The molecule has 140 valence electrons. The fraction of sp³-hybridized carbons (Fsp3) is 0.619. The summed E-state index contributed by atoms with van der Waals surface area (Å²) in [5.74, 6) is 0.799. The van der Waals surface area contributed by atoms with Crippen LogP contribution in [0.2, 0.25) is 23.2 Å². The van der Waals surface area contributed by atoms with Gasteiger partial charge in [-0.15, -0.1) is 0 Å². The average molecular weight is 381 g/mol. The van der Waals surface area contributed by atoms with E-state index in [1.54, 1.807) is 0 Å². The zero-order chi connectivity index (χ0) is 18.5. The number of benzene rings is 1. The zero-order valence-corrected chi connectivity index (χ0v) is 18.2. The maximum Gasteiger partial charge on any atom is 0.250 e. The second kappa shape index (κ2) is 8.74. The van der Waals surface area contributed by atoms with E-state index in [2.05, 4.69) is 52.1 Å². The Morgan fingerprint density at radius 2 is 1.84 bits per heavy atom. The van der Waals surface area contributed by atoms with E-state index < -0.39 is 8.32 Å². The van der Waals surface area contributed by atoms with Gasteiger partial charge in [0.25, 0.3) is 8.32 Å². The van der Waals surface area contributed by atoms with Gasteiger partial charge in [-0.3, -0.25) is 0 Å². The fourth-order valence-corrected chi connectivity index (χ4v) is 3.99. The van der Waals surface area contributed by atoms with Gasteiger partial charge >= 0.3 is 0 Å². The van der Waals surface area contributed by atoms with Crippen molar-refractivity contribution in [1.82, 2.24) is 0 Å². The Kier molecular flexibility index (Phi) is 7.18. The predicted molar refractivity (Wildman–Crippen MR) is 110 cm³/mol. The Hall–Kier alpha value is -0.773. The van der Waals surface area contributed by atoms with Crippen LogP contribution in [-0.2, 0) is 11.3 Å². The normalized spacial score (nSPS) is 20.6. The second-order valence-electron chi connectivity index (χ2n) is 8.54. The molecule has 0 spiro atoms. The van der Waals surface area contributed by atoms with Crippen LogP contribution in [0.25, 0.3) is 0 Å². The molecule has 4 heteroatoms. The van der Waals surface area contributed by atoms with Gasteiger partial charge in [-0.2, -0.15) is 0 Å². The van der Waals surface area contributed by atoms with Gasteiger partial charge in [0.1, 0.15) is 5.75 Å². The number of rotatable bonds is 5. The molecule has 2 rings (SSSR count). The molecule has 0 bridgehead atoms. The number of halogens is 1. The first-order valence-electron chi connectivity index (χ1n) is 9.43. The van der Waals surface area contributed by atoms with Gasteiger partial charge in [0.2, 0.25) is 0 Å². The Morgan fingerprint density at radius 3 is 2.52 bits per heavy atom. The maximum absolute atomic E-state index is 6.49. The quantitative estimate of drug-likeness (QED) is 0.399. The van der Waals surface area contributed by atoms with E-state index in [4.69, 9.17) is 20.8 Å². The lowest BCUT2D eigenvalue weighted by molar-refractivity contribution is 0.0284. The predicted octanol–water partition coefficient (Wildman–Crippen LogP) is 7.13. The molecule has 1 aromatic rings. The summed E-state index contributed by atoms with van der Waals surface area (Å²) in [6.45, 7) is 11.8. The van der Waals surface area contributed by atoms with E-state index in [9.17, 15) is 0 Å². The van der Waals surface area contributed by atoms with Crippen LogP contribution >= 0.6 is 11.6 Å². The highest BCUT2D eigenvalue weighted by Gasteiger charge is 2.39. The molecule has 0 aliphatic heterocycles. The molecule has 1 aliphatic carbocycles.